The summed E-state index contributed by atoms with van der Waals surface area (Å²) in [5.41, 5.74) is 1.50. The van der Waals surface area contributed by atoms with E-state index in [9.17, 15) is 14.0 Å². The van der Waals surface area contributed by atoms with Crippen LogP contribution in [0.1, 0.15) is 10.4 Å². The van der Waals surface area contributed by atoms with Gasteiger partial charge in [0.05, 0.1) is 11.8 Å². The number of amides is 1. The number of anilines is 1. The van der Waals surface area contributed by atoms with Gasteiger partial charge in [-0.15, -0.1) is 5.10 Å². The Bertz CT molecular complexity index is 939. The van der Waals surface area contributed by atoms with Crippen molar-refractivity contribution >= 4 is 17.6 Å². The number of carbonyl (C=O) groups excluding carboxylic acids is 1. The average Bonchev–Trinajstić information content (AvgIpc) is 3.03. The molecular weight excluding hydrogens is 327 g/mol. The van der Waals surface area contributed by atoms with Gasteiger partial charge in [-0.25, -0.2) is 9.07 Å². The van der Waals surface area contributed by atoms with Crippen molar-refractivity contribution in [2.24, 2.45) is 0 Å². The second-order valence-electron chi connectivity index (χ2n) is 5.21. The lowest BCUT2D eigenvalue weighted by Crippen LogP contribution is -2.13. The molecule has 0 bridgehead atoms. The van der Waals surface area contributed by atoms with Gasteiger partial charge in [-0.2, -0.15) is 0 Å². The largest absolute Gasteiger partial charge is 0.480 e. The Morgan fingerprint density at radius 3 is 2.72 bits per heavy atom. The van der Waals surface area contributed by atoms with Gasteiger partial charge in [0.15, 0.2) is 0 Å². The number of carboxylic acid groups (broad SMARTS) is 1. The standard InChI is InChI=1S/C17H13FN4O3/c18-14-7-2-1-6-13(14)17(25)19-12-5-3-4-11(8-12)15-9-22(21-20-15)10-16(23)24/h1-9H,10H2,(H,19,25)(H,23,24). The molecule has 0 unspecified atom stereocenters. The zero-order valence-corrected chi connectivity index (χ0v) is 12.9. The quantitative estimate of drug-likeness (QED) is 0.743. The summed E-state index contributed by atoms with van der Waals surface area (Å²) in [6.45, 7) is -0.295. The fourth-order valence-corrected chi connectivity index (χ4v) is 2.25. The van der Waals surface area contributed by atoms with E-state index >= 15 is 0 Å². The smallest absolute Gasteiger partial charge is 0.325 e. The molecule has 3 aromatic rings. The van der Waals surface area contributed by atoms with Crippen LogP contribution in [0.4, 0.5) is 10.1 Å². The fourth-order valence-electron chi connectivity index (χ4n) is 2.25. The zero-order chi connectivity index (χ0) is 17.8. The molecule has 1 amide bonds. The van der Waals surface area contributed by atoms with E-state index in [0.717, 1.165) is 0 Å². The number of nitrogens with zero attached hydrogens (tertiary/aromatic N) is 3. The van der Waals surface area contributed by atoms with Gasteiger partial charge in [0.25, 0.3) is 5.91 Å². The van der Waals surface area contributed by atoms with E-state index in [4.69, 9.17) is 5.11 Å². The Labute approximate surface area is 141 Å². The molecule has 0 aliphatic carbocycles. The van der Waals surface area contributed by atoms with Crippen LogP contribution in [0.2, 0.25) is 0 Å². The Kier molecular flexibility index (Phi) is 4.51. The van der Waals surface area contributed by atoms with E-state index in [-0.39, 0.29) is 12.1 Å². The van der Waals surface area contributed by atoms with Crippen molar-refractivity contribution in [2.45, 2.75) is 6.54 Å². The maximum atomic E-state index is 13.7. The normalized spacial score (nSPS) is 10.4. The monoisotopic (exact) mass is 340 g/mol. The lowest BCUT2D eigenvalue weighted by Gasteiger charge is -2.07. The van der Waals surface area contributed by atoms with E-state index < -0.39 is 17.7 Å². The molecule has 0 atom stereocenters. The molecular formula is C17H13FN4O3. The Morgan fingerprint density at radius 1 is 1.16 bits per heavy atom. The first kappa shape index (κ1) is 16.3. The third-order valence-corrected chi connectivity index (χ3v) is 3.37. The number of aliphatic carboxylic acids is 1. The van der Waals surface area contributed by atoms with Crippen LogP contribution < -0.4 is 5.32 Å². The predicted molar refractivity (Wildman–Crippen MR) is 87.4 cm³/mol. The second kappa shape index (κ2) is 6.91. The van der Waals surface area contributed by atoms with Crippen LogP contribution in [0.5, 0.6) is 0 Å². The molecule has 8 heteroatoms. The van der Waals surface area contributed by atoms with Crippen molar-refractivity contribution < 1.29 is 19.1 Å². The molecule has 2 aromatic carbocycles. The van der Waals surface area contributed by atoms with Crippen LogP contribution in [-0.2, 0) is 11.3 Å². The number of hydrogen-bond acceptors (Lipinski definition) is 4. The van der Waals surface area contributed by atoms with Crippen LogP contribution in [-0.4, -0.2) is 32.0 Å². The third kappa shape index (κ3) is 3.86. The Morgan fingerprint density at radius 2 is 1.96 bits per heavy atom. The highest BCUT2D eigenvalue weighted by atomic mass is 19.1. The minimum absolute atomic E-state index is 0.0553. The SMILES string of the molecule is O=C(O)Cn1cc(-c2cccc(NC(=O)c3ccccc3F)c2)nn1. The van der Waals surface area contributed by atoms with E-state index in [0.29, 0.717) is 16.9 Å². The van der Waals surface area contributed by atoms with Crippen molar-refractivity contribution in [3.63, 3.8) is 0 Å². The predicted octanol–water partition coefficient (Wildman–Crippen LogP) is 2.42. The maximum absolute atomic E-state index is 13.7. The van der Waals surface area contributed by atoms with Crippen molar-refractivity contribution in [1.29, 1.82) is 0 Å². The molecule has 0 saturated heterocycles. The summed E-state index contributed by atoms with van der Waals surface area (Å²) in [6, 6.07) is 12.4. The van der Waals surface area contributed by atoms with Gasteiger partial charge in [-0.1, -0.05) is 29.5 Å². The minimum Gasteiger partial charge on any atom is -0.480 e. The summed E-state index contributed by atoms with van der Waals surface area (Å²) in [4.78, 5) is 22.8. The number of benzene rings is 2. The van der Waals surface area contributed by atoms with Gasteiger partial charge in [0.1, 0.15) is 18.1 Å². The number of nitrogens with one attached hydrogen (secondary N) is 1. The maximum Gasteiger partial charge on any atom is 0.325 e. The zero-order valence-electron chi connectivity index (χ0n) is 12.9. The van der Waals surface area contributed by atoms with Crippen molar-refractivity contribution in [1.82, 2.24) is 15.0 Å². The molecule has 1 heterocycles. The minimum atomic E-state index is -1.03. The van der Waals surface area contributed by atoms with Crippen molar-refractivity contribution in [3.8, 4) is 11.3 Å². The van der Waals surface area contributed by atoms with Gasteiger partial charge in [0.2, 0.25) is 0 Å². The summed E-state index contributed by atoms with van der Waals surface area (Å²) in [5.74, 6) is -2.19. The van der Waals surface area contributed by atoms with Gasteiger partial charge in [-0.3, -0.25) is 9.59 Å². The molecule has 3 rings (SSSR count). The molecule has 2 N–H and O–H groups in total. The lowest BCUT2D eigenvalue weighted by molar-refractivity contribution is -0.137. The summed E-state index contributed by atoms with van der Waals surface area (Å²) >= 11 is 0. The molecule has 25 heavy (non-hydrogen) atoms. The highest BCUT2D eigenvalue weighted by molar-refractivity contribution is 6.04. The summed E-state index contributed by atoms with van der Waals surface area (Å²) in [5, 5.41) is 19.0. The molecule has 126 valence electrons. The molecule has 1 aromatic heterocycles. The number of rotatable bonds is 5. The molecule has 0 fully saturated rings. The molecule has 0 spiro atoms. The van der Waals surface area contributed by atoms with Gasteiger partial charge >= 0.3 is 5.97 Å². The number of carbonyl (C=O) groups is 2. The summed E-state index contributed by atoms with van der Waals surface area (Å²) in [6.07, 6.45) is 1.49. The second-order valence-corrected chi connectivity index (χ2v) is 5.21. The molecule has 0 aliphatic rings. The van der Waals surface area contributed by atoms with Crippen LogP contribution >= 0.6 is 0 Å². The highest BCUT2D eigenvalue weighted by Gasteiger charge is 2.12. The topological polar surface area (TPSA) is 97.1 Å². The highest BCUT2D eigenvalue weighted by Crippen LogP contribution is 2.21. The molecule has 0 saturated carbocycles. The Balaban J connectivity index is 1.80. The van der Waals surface area contributed by atoms with E-state index in [2.05, 4.69) is 15.6 Å². The van der Waals surface area contributed by atoms with Crippen molar-refractivity contribution in [3.05, 3.63) is 66.1 Å². The number of carboxylic acids is 1. The first-order valence-electron chi connectivity index (χ1n) is 7.31. The van der Waals surface area contributed by atoms with E-state index in [1.807, 2.05) is 0 Å². The van der Waals surface area contributed by atoms with Gasteiger partial charge in [-0.05, 0) is 24.3 Å². The summed E-state index contributed by atoms with van der Waals surface area (Å²) in [7, 11) is 0. The average molecular weight is 340 g/mol. The Hall–Kier alpha value is -3.55. The number of hydrogen-bond donors (Lipinski definition) is 2. The molecule has 7 nitrogen and oxygen atoms in total. The van der Waals surface area contributed by atoms with Gasteiger partial charge in [0, 0.05) is 11.3 Å². The van der Waals surface area contributed by atoms with Crippen molar-refractivity contribution in [2.75, 3.05) is 5.32 Å². The van der Waals surface area contributed by atoms with Gasteiger partial charge < -0.3 is 10.4 Å². The van der Waals surface area contributed by atoms with E-state index in [1.54, 1.807) is 30.3 Å². The third-order valence-electron chi connectivity index (χ3n) is 3.37. The summed E-state index contributed by atoms with van der Waals surface area (Å²) < 4.78 is 14.9. The first-order valence-corrected chi connectivity index (χ1v) is 7.31. The number of aromatic nitrogens is 3. The molecule has 0 aliphatic heterocycles. The molecule has 0 radical (unpaired) electrons. The fraction of sp³-hybridized carbons (Fsp3) is 0.0588. The van der Waals surface area contributed by atoms with Crippen LogP contribution in [0, 0.1) is 5.82 Å². The van der Waals surface area contributed by atoms with Crippen LogP contribution in [0.15, 0.2) is 54.7 Å². The number of halogens is 1. The van der Waals surface area contributed by atoms with E-state index in [1.165, 1.54) is 29.1 Å². The van der Waals surface area contributed by atoms with Crippen LogP contribution in [0.25, 0.3) is 11.3 Å². The van der Waals surface area contributed by atoms with Crippen LogP contribution in [0.3, 0.4) is 0 Å². The first-order chi connectivity index (χ1) is 12.0. The lowest BCUT2D eigenvalue weighted by atomic mass is 10.1.